The van der Waals surface area contributed by atoms with Crippen LogP contribution in [0.1, 0.15) is 52.7 Å². The molecule has 1 saturated heterocycles. The van der Waals surface area contributed by atoms with Gasteiger partial charge < -0.3 is 20.1 Å². The predicted octanol–water partition coefficient (Wildman–Crippen LogP) is 3.37. The van der Waals surface area contributed by atoms with Crippen molar-refractivity contribution >= 4 is 23.8 Å². The lowest BCUT2D eigenvalue weighted by molar-refractivity contribution is -0.165. The van der Waals surface area contributed by atoms with Gasteiger partial charge in [-0.15, -0.1) is 0 Å². The number of hydrogen-bond donors (Lipinski definition) is 2. The number of nitrogens with one attached hydrogen (secondary N) is 2. The summed E-state index contributed by atoms with van der Waals surface area (Å²) in [5, 5.41) is 5.69. The second kappa shape index (κ2) is 11.0. The first-order valence-electron chi connectivity index (χ1n) is 12.7. The molecule has 1 heterocycles. The molecule has 2 amide bonds. The van der Waals surface area contributed by atoms with Crippen LogP contribution in [0, 0.1) is 10.8 Å². The van der Waals surface area contributed by atoms with E-state index in [9.17, 15) is 19.2 Å². The molecule has 0 unspecified atom stereocenters. The molecular formula is C30H38N2O6. The second-order valence-corrected chi connectivity index (χ2v) is 11.8. The van der Waals surface area contributed by atoms with Gasteiger partial charge in [0.2, 0.25) is 11.8 Å². The lowest BCUT2D eigenvalue weighted by Crippen LogP contribution is -2.61. The Morgan fingerprint density at radius 2 is 0.895 bits per heavy atom. The molecule has 0 bridgehead atoms. The maximum absolute atomic E-state index is 13.4. The molecule has 2 N–H and O–H groups in total. The number of benzene rings is 2. The quantitative estimate of drug-likeness (QED) is 0.596. The Balaban J connectivity index is 1.96. The number of amides is 2. The van der Waals surface area contributed by atoms with Crippen LogP contribution in [0.4, 0.5) is 0 Å². The van der Waals surface area contributed by atoms with E-state index in [1.807, 2.05) is 60.7 Å². The van der Waals surface area contributed by atoms with Crippen molar-refractivity contribution in [3.05, 3.63) is 71.8 Å². The maximum atomic E-state index is 13.4. The highest BCUT2D eigenvalue weighted by Crippen LogP contribution is 2.26. The standard InChI is InChI=1S/C30H38N2O6/c1-27(2)19-37-25(35)30(6,18-22-15-11-8-12-16-22)32-24(34)28(3,4)20-38-26(36)29(5,31-23(27)33)17-21-13-9-7-10-14-21/h7-16H,17-20H2,1-6H3,(H,31,33)(H,32,34)/t29-,30+. The molecule has 2 atom stereocenters. The van der Waals surface area contributed by atoms with Crippen LogP contribution >= 0.6 is 0 Å². The van der Waals surface area contributed by atoms with Crippen LogP contribution in [0.15, 0.2) is 60.7 Å². The summed E-state index contributed by atoms with van der Waals surface area (Å²) in [6.07, 6.45) is 0.353. The predicted molar refractivity (Wildman–Crippen MR) is 143 cm³/mol. The van der Waals surface area contributed by atoms with E-state index in [1.54, 1.807) is 41.5 Å². The number of hydrogen-bond acceptors (Lipinski definition) is 6. The van der Waals surface area contributed by atoms with Crippen LogP contribution in [0.5, 0.6) is 0 Å². The van der Waals surface area contributed by atoms with Crippen molar-refractivity contribution in [2.45, 2.75) is 65.5 Å². The van der Waals surface area contributed by atoms with Gasteiger partial charge in [0.05, 0.1) is 10.8 Å². The molecule has 3 rings (SSSR count). The van der Waals surface area contributed by atoms with Gasteiger partial charge in [0, 0.05) is 12.8 Å². The Morgan fingerprint density at radius 3 is 1.21 bits per heavy atom. The minimum Gasteiger partial charge on any atom is -0.463 e. The van der Waals surface area contributed by atoms with Crippen LogP contribution in [-0.2, 0) is 41.5 Å². The third-order valence-electron chi connectivity index (χ3n) is 6.84. The monoisotopic (exact) mass is 522 g/mol. The summed E-state index contributed by atoms with van der Waals surface area (Å²) < 4.78 is 11.3. The number of rotatable bonds is 4. The SMILES string of the molecule is CC1(C)COC(=O)[C@](C)(Cc2ccccc2)NC(=O)C(C)(C)COC(=O)[C@@](C)(Cc2ccccc2)NC1=O. The third kappa shape index (κ3) is 6.79. The molecule has 38 heavy (non-hydrogen) atoms. The van der Waals surface area contributed by atoms with Crippen molar-refractivity contribution in [1.29, 1.82) is 0 Å². The van der Waals surface area contributed by atoms with Crippen LogP contribution in [0.3, 0.4) is 0 Å². The number of cyclic esters (lactones) is 2. The highest BCUT2D eigenvalue weighted by molar-refractivity contribution is 5.93. The van der Waals surface area contributed by atoms with E-state index in [-0.39, 0.29) is 26.1 Å². The zero-order valence-corrected chi connectivity index (χ0v) is 23.1. The summed E-state index contributed by atoms with van der Waals surface area (Å²) in [7, 11) is 0. The number of ether oxygens (including phenoxy) is 2. The fourth-order valence-electron chi connectivity index (χ4n) is 4.12. The number of esters is 2. The molecule has 0 aromatic heterocycles. The molecule has 1 aliphatic heterocycles. The molecule has 8 nitrogen and oxygen atoms in total. The summed E-state index contributed by atoms with van der Waals surface area (Å²) in [4.78, 5) is 53.7. The first-order chi connectivity index (χ1) is 17.7. The van der Waals surface area contributed by atoms with Crippen molar-refractivity contribution in [3.8, 4) is 0 Å². The van der Waals surface area contributed by atoms with Gasteiger partial charge >= 0.3 is 11.9 Å². The van der Waals surface area contributed by atoms with E-state index < -0.39 is 45.7 Å². The average molecular weight is 523 g/mol. The van der Waals surface area contributed by atoms with E-state index in [0.717, 1.165) is 11.1 Å². The van der Waals surface area contributed by atoms with E-state index in [2.05, 4.69) is 10.6 Å². The topological polar surface area (TPSA) is 111 Å². The molecule has 204 valence electrons. The first kappa shape index (κ1) is 28.9. The van der Waals surface area contributed by atoms with Gasteiger partial charge in [-0.05, 0) is 52.7 Å². The third-order valence-corrected chi connectivity index (χ3v) is 6.84. The molecule has 2 aromatic rings. The molecule has 0 aliphatic carbocycles. The van der Waals surface area contributed by atoms with Gasteiger partial charge in [0.15, 0.2) is 0 Å². The molecule has 8 heteroatoms. The normalized spacial score (nSPS) is 26.3. The zero-order chi connectivity index (χ0) is 28.2. The molecular weight excluding hydrogens is 484 g/mol. The van der Waals surface area contributed by atoms with Gasteiger partial charge in [0.1, 0.15) is 24.3 Å². The highest BCUT2D eigenvalue weighted by Gasteiger charge is 2.46. The Hall–Kier alpha value is -3.68. The summed E-state index contributed by atoms with van der Waals surface area (Å²) in [6.45, 7) is 9.21. The van der Waals surface area contributed by atoms with Crippen molar-refractivity contribution in [2.75, 3.05) is 13.2 Å². The van der Waals surface area contributed by atoms with E-state index >= 15 is 0 Å². The van der Waals surface area contributed by atoms with Gasteiger partial charge in [-0.3, -0.25) is 9.59 Å². The van der Waals surface area contributed by atoms with Gasteiger partial charge in [0.25, 0.3) is 0 Å². The van der Waals surface area contributed by atoms with Crippen LogP contribution in [0.25, 0.3) is 0 Å². The van der Waals surface area contributed by atoms with Crippen LogP contribution < -0.4 is 10.6 Å². The molecule has 1 fully saturated rings. The van der Waals surface area contributed by atoms with Crippen molar-refractivity contribution in [2.24, 2.45) is 10.8 Å². The molecule has 1 aliphatic rings. The Kier molecular flexibility index (Phi) is 8.34. The number of carbonyl (C=O) groups excluding carboxylic acids is 4. The Morgan fingerprint density at radius 1 is 0.579 bits per heavy atom. The summed E-state index contributed by atoms with van der Waals surface area (Å²) in [5.41, 5.74) is -3.53. The average Bonchev–Trinajstić information content (AvgIpc) is 2.86. The van der Waals surface area contributed by atoms with Crippen molar-refractivity contribution < 1.29 is 28.7 Å². The van der Waals surface area contributed by atoms with Gasteiger partial charge in [-0.2, -0.15) is 0 Å². The minimum atomic E-state index is -1.42. The second-order valence-electron chi connectivity index (χ2n) is 11.8. The van der Waals surface area contributed by atoms with Crippen LogP contribution in [-0.4, -0.2) is 48.0 Å². The number of carbonyl (C=O) groups is 4. The highest BCUT2D eigenvalue weighted by atomic mass is 16.5. The van der Waals surface area contributed by atoms with E-state index in [1.165, 1.54) is 0 Å². The van der Waals surface area contributed by atoms with Gasteiger partial charge in [-0.25, -0.2) is 9.59 Å². The first-order valence-corrected chi connectivity index (χ1v) is 12.7. The Bertz CT molecular complexity index is 1080. The van der Waals surface area contributed by atoms with Crippen molar-refractivity contribution in [1.82, 2.24) is 10.6 Å². The largest absolute Gasteiger partial charge is 0.463 e. The fourth-order valence-corrected chi connectivity index (χ4v) is 4.12. The summed E-state index contributed by atoms with van der Waals surface area (Å²) in [5.74, 6) is -2.25. The maximum Gasteiger partial charge on any atom is 0.331 e. The van der Waals surface area contributed by atoms with Crippen molar-refractivity contribution in [3.63, 3.8) is 0 Å². The summed E-state index contributed by atoms with van der Waals surface area (Å²) in [6, 6.07) is 18.5. The van der Waals surface area contributed by atoms with E-state index in [4.69, 9.17) is 9.47 Å². The molecule has 0 spiro atoms. The van der Waals surface area contributed by atoms with Crippen LogP contribution in [0.2, 0.25) is 0 Å². The van der Waals surface area contributed by atoms with Gasteiger partial charge in [-0.1, -0.05) is 60.7 Å². The zero-order valence-electron chi connectivity index (χ0n) is 23.1. The smallest absolute Gasteiger partial charge is 0.331 e. The molecule has 2 aromatic carbocycles. The molecule has 0 saturated carbocycles. The lowest BCUT2D eigenvalue weighted by Gasteiger charge is -2.37. The lowest BCUT2D eigenvalue weighted by atomic mass is 9.86. The summed E-state index contributed by atoms with van der Waals surface area (Å²) >= 11 is 0. The molecule has 0 radical (unpaired) electrons. The fraction of sp³-hybridized carbons (Fsp3) is 0.467. The van der Waals surface area contributed by atoms with E-state index in [0.29, 0.717) is 0 Å². The minimum absolute atomic E-state index is 0.177. The Labute approximate surface area is 224 Å².